The number of anilines is 1. The second-order valence-electron chi connectivity index (χ2n) is 7.16. The summed E-state index contributed by atoms with van der Waals surface area (Å²) in [6.45, 7) is 3.56. The molecule has 0 unspecified atom stereocenters. The van der Waals surface area contributed by atoms with Crippen molar-refractivity contribution in [3.8, 4) is 11.3 Å². The van der Waals surface area contributed by atoms with E-state index in [9.17, 15) is 4.79 Å². The summed E-state index contributed by atoms with van der Waals surface area (Å²) in [4.78, 5) is 15.1. The molecule has 7 heteroatoms. The van der Waals surface area contributed by atoms with Crippen LogP contribution in [0.4, 0.5) is 5.82 Å². The molecule has 0 amide bonds. The van der Waals surface area contributed by atoms with Crippen molar-refractivity contribution in [2.75, 3.05) is 18.6 Å². The molecule has 0 saturated heterocycles. The number of esters is 1. The van der Waals surface area contributed by atoms with E-state index in [0.717, 1.165) is 18.1 Å². The van der Waals surface area contributed by atoms with Gasteiger partial charge in [-0.15, -0.1) is 0 Å². The van der Waals surface area contributed by atoms with E-state index in [2.05, 4.69) is 10.2 Å². The molecule has 1 aliphatic heterocycles. The first-order valence-electron chi connectivity index (χ1n) is 9.69. The second kappa shape index (κ2) is 7.90. The van der Waals surface area contributed by atoms with Gasteiger partial charge in [-0.3, -0.25) is 4.90 Å². The average molecular weight is 389 g/mol. The number of carbonyl (C=O) groups is 1. The van der Waals surface area contributed by atoms with Crippen LogP contribution in [0.2, 0.25) is 5.02 Å². The highest BCUT2D eigenvalue weighted by Gasteiger charge is 2.31. The smallest absolute Gasteiger partial charge is 0.344 e. The first-order chi connectivity index (χ1) is 13.2. The normalized spacial score (nSPS) is 18.0. The Kier molecular flexibility index (Phi) is 5.36. The van der Waals surface area contributed by atoms with E-state index in [1.165, 1.54) is 32.1 Å². The van der Waals surface area contributed by atoms with Crippen LogP contribution in [0.15, 0.2) is 24.3 Å². The maximum Gasteiger partial charge on any atom is 0.344 e. The van der Waals surface area contributed by atoms with Crippen LogP contribution in [0, 0.1) is 0 Å². The number of hydrogen-bond acceptors (Lipinski definition) is 5. The van der Waals surface area contributed by atoms with Gasteiger partial charge in [0, 0.05) is 16.6 Å². The standard InChI is InChI=1S/C20H25ClN4O2/c1-2-27-20(26)17-18(14-8-10-15(21)11-9-14)23-25-13-24(12-22-19(17)25)16-6-4-3-5-7-16/h8-11,16,22H,2-7,12-13H2,1H3. The lowest BCUT2D eigenvalue weighted by Crippen LogP contribution is -2.45. The van der Waals surface area contributed by atoms with E-state index >= 15 is 0 Å². The van der Waals surface area contributed by atoms with Gasteiger partial charge < -0.3 is 10.1 Å². The number of fused-ring (bicyclic) bond motifs is 1. The molecular formula is C20H25ClN4O2. The number of nitrogens with one attached hydrogen (secondary N) is 1. The van der Waals surface area contributed by atoms with Crippen molar-refractivity contribution < 1.29 is 9.53 Å². The summed E-state index contributed by atoms with van der Waals surface area (Å²) < 4.78 is 7.21. The highest BCUT2D eigenvalue weighted by molar-refractivity contribution is 6.30. The molecule has 1 aromatic carbocycles. The Labute approximate surface area is 164 Å². The zero-order valence-corrected chi connectivity index (χ0v) is 16.3. The zero-order chi connectivity index (χ0) is 18.8. The van der Waals surface area contributed by atoms with Crippen LogP contribution in [-0.4, -0.2) is 40.0 Å². The molecular weight excluding hydrogens is 364 g/mol. The number of ether oxygens (including phenoxy) is 1. The van der Waals surface area contributed by atoms with E-state index in [1.807, 2.05) is 35.9 Å². The minimum absolute atomic E-state index is 0.331. The van der Waals surface area contributed by atoms with Gasteiger partial charge in [0.15, 0.2) is 0 Å². The monoisotopic (exact) mass is 388 g/mol. The number of benzene rings is 1. The number of hydrogen-bond donors (Lipinski definition) is 1. The van der Waals surface area contributed by atoms with E-state index < -0.39 is 0 Å². The highest BCUT2D eigenvalue weighted by atomic mass is 35.5. The Morgan fingerprint density at radius 3 is 2.70 bits per heavy atom. The van der Waals surface area contributed by atoms with Crippen LogP contribution in [0.1, 0.15) is 49.4 Å². The van der Waals surface area contributed by atoms with Gasteiger partial charge in [-0.25, -0.2) is 9.48 Å². The third-order valence-corrected chi connectivity index (χ3v) is 5.66. The molecule has 0 bridgehead atoms. The van der Waals surface area contributed by atoms with E-state index in [4.69, 9.17) is 21.4 Å². The third kappa shape index (κ3) is 3.69. The van der Waals surface area contributed by atoms with Gasteiger partial charge in [0.2, 0.25) is 0 Å². The topological polar surface area (TPSA) is 59.4 Å². The lowest BCUT2D eigenvalue weighted by Gasteiger charge is -2.37. The third-order valence-electron chi connectivity index (χ3n) is 5.41. The Morgan fingerprint density at radius 1 is 1.26 bits per heavy atom. The molecule has 1 saturated carbocycles. The molecule has 1 N–H and O–H groups in total. The van der Waals surface area contributed by atoms with Gasteiger partial charge in [-0.2, -0.15) is 5.10 Å². The fraction of sp³-hybridized carbons (Fsp3) is 0.500. The Hall–Kier alpha value is -2.05. The van der Waals surface area contributed by atoms with Crippen molar-refractivity contribution in [1.29, 1.82) is 0 Å². The lowest BCUT2D eigenvalue weighted by molar-refractivity contribution is 0.0527. The number of halogens is 1. The van der Waals surface area contributed by atoms with Crippen molar-refractivity contribution in [1.82, 2.24) is 14.7 Å². The summed E-state index contributed by atoms with van der Waals surface area (Å²) in [5.41, 5.74) is 2.00. The van der Waals surface area contributed by atoms with Gasteiger partial charge in [0.1, 0.15) is 17.1 Å². The first-order valence-corrected chi connectivity index (χ1v) is 10.1. The van der Waals surface area contributed by atoms with E-state index in [1.54, 1.807) is 0 Å². The molecule has 1 fully saturated rings. The molecule has 1 aromatic heterocycles. The quantitative estimate of drug-likeness (QED) is 0.789. The van der Waals surface area contributed by atoms with Gasteiger partial charge in [-0.1, -0.05) is 43.0 Å². The SMILES string of the molecule is CCOC(=O)c1c(-c2ccc(Cl)cc2)nn2c1NCN(C1CCCCC1)C2. The lowest BCUT2D eigenvalue weighted by atomic mass is 9.94. The molecule has 2 aliphatic rings. The molecule has 4 rings (SSSR count). The van der Waals surface area contributed by atoms with E-state index in [0.29, 0.717) is 35.6 Å². The van der Waals surface area contributed by atoms with Crippen molar-refractivity contribution in [3.63, 3.8) is 0 Å². The molecule has 27 heavy (non-hydrogen) atoms. The van der Waals surface area contributed by atoms with E-state index in [-0.39, 0.29) is 5.97 Å². The van der Waals surface area contributed by atoms with Crippen LogP contribution in [0.3, 0.4) is 0 Å². The zero-order valence-electron chi connectivity index (χ0n) is 15.6. The van der Waals surface area contributed by atoms with Crippen molar-refractivity contribution in [2.45, 2.75) is 51.7 Å². The van der Waals surface area contributed by atoms with Crippen LogP contribution in [-0.2, 0) is 11.4 Å². The number of aromatic nitrogens is 2. The summed E-state index contributed by atoms with van der Waals surface area (Å²) in [7, 11) is 0. The van der Waals surface area contributed by atoms with Crippen LogP contribution in [0.25, 0.3) is 11.3 Å². The van der Waals surface area contributed by atoms with Gasteiger partial charge >= 0.3 is 5.97 Å². The Balaban J connectivity index is 1.69. The van der Waals surface area contributed by atoms with Crippen LogP contribution >= 0.6 is 11.6 Å². The van der Waals surface area contributed by atoms with Gasteiger partial charge in [0.05, 0.1) is 19.9 Å². The second-order valence-corrected chi connectivity index (χ2v) is 7.59. The van der Waals surface area contributed by atoms with Crippen molar-refractivity contribution in [3.05, 3.63) is 34.9 Å². The minimum atomic E-state index is -0.345. The first kappa shape index (κ1) is 18.3. The van der Waals surface area contributed by atoms with Crippen LogP contribution in [0.5, 0.6) is 0 Å². The summed E-state index contributed by atoms with van der Waals surface area (Å²) in [6, 6.07) is 7.97. The fourth-order valence-electron chi connectivity index (χ4n) is 4.04. The molecule has 0 spiro atoms. The van der Waals surface area contributed by atoms with Gasteiger partial charge in [-0.05, 0) is 31.9 Å². The average Bonchev–Trinajstić information content (AvgIpc) is 3.08. The van der Waals surface area contributed by atoms with Crippen molar-refractivity contribution in [2.24, 2.45) is 0 Å². The fourth-order valence-corrected chi connectivity index (χ4v) is 4.17. The summed E-state index contributed by atoms with van der Waals surface area (Å²) in [5.74, 6) is 0.396. The number of carbonyl (C=O) groups excluding carboxylic acids is 1. The predicted octanol–water partition coefficient (Wildman–Crippen LogP) is 4.36. The predicted molar refractivity (Wildman–Crippen MR) is 106 cm³/mol. The molecule has 0 atom stereocenters. The molecule has 6 nitrogen and oxygen atoms in total. The summed E-state index contributed by atoms with van der Waals surface area (Å²) >= 11 is 6.02. The molecule has 144 valence electrons. The Morgan fingerprint density at radius 2 is 2.00 bits per heavy atom. The molecule has 0 radical (unpaired) electrons. The number of rotatable bonds is 4. The molecule has 2 heterocycles. The molecule has 1 aliphatic carbocycles. The maximum atomic E-state index is 12.7. The largest absolute Gasteiger partial charge is 0.462 e. The maximum absolute atomic E-state index is 12.7. The summed E-state index contributed by atoms with van der Waals surface area (Å²) in [5, 5.41) is 8.84. The number of nitrogens with zero attached hydrogens (tertiary/aromatic N) is 3. The van der Waals surface area contributed by atoms with Gasteiger partial charge in [0.25, 0.3) is 0 Å². The van der Waals surface area contributed by atoms with Crippen LogP contribution < -0.4 is 5.32 Å². The van der Waals surface area contributed by atoms with Crippen molar-refractivity contribution >= 4 is 23.4 Å². The molecule has 2 aromatic rings. The Bertz CT molecular complexity index is 812. The summed E-state index contributed by atoms with van der Waals surface area (Å²) in [6.07, 6.45) is 6.37. The minimum Gasteiger partial charge on any atom is -0.462 e. The highest BCUT2D eigenvalue weighted by Crippen LogP contribution is 2.33.